The standard InChI is InChI=1S/C16H24BrN/c1-13(2)14-7-5-10-18(11-9-14)12-15-6-3-4-8-16(15)17/h3-4,6,8,13-14H,5,7,9-12H2,1-2H3. The summed E-state index contributed by atoms with van der Waals surface area (Å²) in [5, 5.41) is 0. The maximum absolute atomic E-state index is 3.65. The third-order valence-corrected chi connectivity index (χ3v) is 4.93. The summed E-state index contributed by atoms with van der Waals surface area (Å²) < 4.78 is 1.25. The Kier molecular flexibility index (Phi) is 5.25. The van der Waals surface area contributed by atoms with Gasteiger partial charge in [0.25, 0.3) is 0 Å². The summed E-state index contributed by atoms with van der Waals surface area (Å²) in [6.45, 7) is 8.34. The highest BCUT2D eigenvalue weighted by atomic mass is 79.9. The van der Waals surface area contributed by atoms with Crippen LogP contribution < -0.4 is 0 Å². The van der Waals surface area contributed by atoms with E-state index in [1.54, 1.807) is 0 Å². The molecule has 18 heavy (non-hydrogen) atoms. The van der Waals surface area contributed by atoms with Crippen LogP contribution in [0.4, 0.5) is 0 Å². The molecule has 1 heterocycles. The number of hydrogen-bond acceptors (Lipinski definition) is 1. The highest BCUT2D eigenvalue weighted by Gasteiger charge is 2.19. The molecule has 0 N–H and O–H groups in total. The van der Waals surface area contributed by atoms with Gasteiger partial charge in [-0.15, -0.1) is 0 Å². The molecule has 1 nitrogen and oxygen atoms in total. The van der Waals surface area contributed by atoms with Crippen molar-refractivity contribution in [2.24, 2.45) is 11.8 Å². The third-order valence-electron chi connectivity index (χ3n) is 4.16. The molecule has 1 saturated heterocycles. The first kappa shape index (κ1) is 14.1. The zero-order chi connectivity index (χ0) is 13.0. The van der Waals surface area contributed by atoms with Crippen molar-refractivity contribution in [2.45, 2.75) is 39.7 Å². The average molecular weight is 310 g/mol. The fraction of sp³-hybridized carbons (Fsp3) is 0.625. The average Bonchev–Trinajstić information content (AvgIpc) is 2.58. The van der Waals surface area contributed by atoms with Gasteiger partial charge in [0.15, 0.2) is 0 Å². The van der Waals surface area contributed by atoms with E-state index in [-0.39, 0.29) is 0 Å². The minimum absolute atomic E-state index is 0.841. The Morgan fingerprint density at radius 2 is 2.00 bits per heavy atom. The van der Waals surface area contributed by atoms with Crippen LogP contribution in [0.1, 0.15) is 38.7 Å². The van der Waals surface area contributed by atoms with Crippen LogP contribution in [-0.2, 0) is 6.54 Å². The Balaban J connectivity index is 1.93. The summed E-state index contributed by atoms with van der Waals surface area (Å²) in [4.78, 5) is 2.61. The maximum Gasteiger partial charge on any atom is 0.0244 e. The minimum atomic E-state index is 0.841. The maximum atomic E-state index is 3.65. The first-order valence-corrected chi connectivity index (χ1v) is 7.92. The molecule has 2 heteroatoms. The molecule has 0 aliphatic carbocycles. The smallest absolute Gasteiger partial charge is 0.0244 e. The lowest BCUT2D eigenvalue weighted by molar-refractivity contribution is 0.264. The molecule has 1 aliphatic heterocycles. The van der Waals surface area contributed by atoms with E-state index < -0.39 is 0 Å². The van der Waals surface area contributed by atoms with Crippen LogP contribution in [0.2, 0.25) is 0 Å². The van der Waals surface area contributed by atoms with E-state index in [1.165, 1.54) is 42.4 Å². The SMILES string of the molecule is CC(C)C1CCCN(Cc2ccccc2Br)CC1. The second-order valence-electron chi connectivity index (χ2n) is 5.80. The van der Waals surface area contributed by atoms with Gasteiger partial charge in [-0.2, -0.15) is 0 Å². The lowest BCUT2D eigenvalue weighted by atomic mass is 9.89. The van der Waals surface area contributed by atoms with E-state index in [4.69, 9.17) is 0 Å². The van der Waals surface area contributed by atoms with E-state index in [0.717, 1.165) is 18.4 Å². The number of hydrogen-bond donors (Lipinski definition) is 0. The van der Waals surface area contributed by atoms with Crippen molar-refractivity contribution in [3.8, 4) is 0 Å². The van der Waals surface area contributed by atoms with Gasteiger partial charge in [0.1, 0.15) is 0 Å². The Bertz CT molecular complexity index is 375. The van der Waals surface area contributed by atoms with Gasteiger partial charge in [-0.3, -0.25) is 4.90 Å². The molecule has 1 aromatic carbocycles. The van der Waals surface area contributed by atoms with Crippen molar-refractivity contribution < 1.29 is 0 Å². The summed E-state index contributed by atoms with van der Waals surface area (Å²) in [6.07, 6.45) is 4.12. The second kappa shape index (κ2) is 6.72. The van der Waals surface area contributed by atoms with Crippen LogP contribution >= 0.6 is 15.9 Å². The summed E-state index contributed by atoms with van der Waals surface area (Å²) in [7, 11) is 0. The largest absolute Gasteiger partial charge is 0.299 e. The van der Waals surface area contributed by atoms with Crippen LogP contribution in [0.15, 0.2) is 28.7 Å². The zero-order valence-corrected chi connectivity index (χ0v) is 13.1. The van der Waals surface area contributed by atoms with E-state index in [1.807, 2.05) is 0 Å². The molecule has 0 saturated carbocycles. The fourth-order valence-corrected chi connectivity index (χ4v) is 3.28. The molecular weight excluding hydrogens is 286 g/mol. The van der Waals surface area contributed by atoms with Gasteiger partial charge < -0.3 is 0 Å². The molecular formula is C16H24BrN. The molecule has 0 radical (unpaired) electrons. The number of benzene rings is 1. The van der Waals surface area contributed by atoms with Crippen LogP contribution in [0.25, 0.3) is 0 Å². The van der Waals surface area contributed by atoms with Crippen molar-refractivity contribution in [1.29, 1.82) is 0 Å². The Hall–Kier alpha value is -0.340. The quantitative estimate of drug-likeness (QED) is 0.781. The highest BCUT2D eigenvalue weighted by molar-refractivity contribution is 9.10. The number of rotatable bonds is 3. The van der Waals surface area contributed by atoms with E-state index >= 15 is 0 Å². The number of halogens is 1. The van der Waals surface area contributed by atoms with E-state index in [9.17, 15) is 0 Å². The Labute approximate surface area is 120 Å². The van der Waals surface area contributed by atoms with Crippen molar-refractivity contribution in [2.75, 3.05) is 13.1 Å². The van der Waals surface area contributed by atoms with Crippen molar-refractivity contribution in [1.82, 2.24) is 4.90 Å². The first-order valence-electron chi connectivity index (χ1n) is 7.12. The second-order valence-corrected chi connectivity index (χ2v) is 6.66. The predicted octanol–water partition coefficient (Wildman–Crippen LogP) is 4.71. The van der Waals surface area contributed by atoms with E-state index in [2.05, 4.69) is 58.9 Å². The normalized spacial score (nSPS) is 22.1. The first-order chi connectivity index (χ1) is 8.66. The van der Waals surface area contributed by atoms with Gasteiger partial charge >= 0.3 is 0 Å². The van der Waals surface area contributed by atoms with Crippen LogP contribution in [0.5, 0.6) is 0 Å². The van der Waals surface area contributed by atoms with Crippen molar-refractivity contribution in [3.63, 3.8) is 0 Å². The molecule has 100 valence electrons. The van der Waals surface area contributed by atoms with Gasteiger partial charge in [0.05, 0.1) is 0 Å². The molecule has 1 atom stereocenters. The molecule has 1 fully saturated rings. The number of likely N-dealkylation sites (tertiary alicyclic amines) is 1. The molecule has 1 aromatic rings. The fourth-order valence-electron chi connectivity index (χ4n) is 2.87. The van der Waals surface area contributed by atoms with Crippen LogP contribution in [0.3, 0.4) is 0 Å². The molecule has 1 unspecified atom stereocenters. The minimum Gasteiger partial charge on any atom is -0.299 e. The Morgan fingerprint density at radius 3 is 2.72 bits per heavy atom. The van der Waals surface area contributed by atoms with Gasteiger partial charge in [-0.05, 0) is 55.8 Å². The summed E-state index contributed by atoms with van der Waals surface area (Å²) in [5.41, 5.74) is 1.42. The molecule has 0 amide bonds. The third kappa shape index (κ3) is 3.83. The summed E-state index contributed by atoms with van der Waals surface area (Å²) in [5.74, 6) is 1.77. The lowest BCUT2D eigenvalue weighted by Gasteiger charge is -2.21. The van der Waals surface area contributed by atoms with Crippen LogP contribution in [-0.4, -0.2) is 18.0 Å². The van der Waals surface area contributed by atoms with Crippen molar-refractivity contribution >= 4 is 15.9 Å². The predicted molar refractivity (Wildman–Crippen MR) is 81.6 cm³/mol. The molecule has 0 aromatic heterocycles. The van der Waals surface area contributed by atoms with Gasteiger partial charge in [0.2, 0.25) is 0 Å². The Morgan fingerprint density at radius 1 is 1.22 bits per heavy atom. The van der Waals surface area contributed by atoms with Gasteiger partial charge in [0, 0.05) is 11.0 Å². The summed E-state index contributed by atoms with van der Waals surface area (Å²) in [6, 6.07) is 8.60. The van der Waals surface area contributed by atoms with E-state index in [0.29, 0.717) is 0 Å². The van der Waals surface area contributed by atoms with Gasteiger partial charge in [-0.1, -0.05) is 48.0 Å². The lowest BCUT2D eigenvalue weighted by Crippen LogP contribution is -2.24. The zero-order valence-electron chi connectivity index (χ0n) is 11.5. The van der Waals surface area contributed by atoms with Crippen molar-refractivity contribution in [3.05, 3.63) is 34.3 Å². The van der Waals surface area contributed by atoms with Crippen LogP contribution in [0, 0.1) is 11.8 Å². The highest BCUT2D eigenvalue weighted by Crippen LogP contribution is 2.26. The molecule has 2 rings (SSSR count). The summed E-state index contributed by atoms with van der Waals surface area (Å²) >= 11 is 3.65. The topological polar surface area (TPSA) is 3.24 Å². The number of nitrogens with zero attached hydrogens (tertiary/aromatic N) is 1. The monoisotopic (exact) mass is 309 g/mol. The molecule has 1 aliphatic rings. The molecule has 0 bridgehead atoms. The molecule has 0 spiro atoms. The van der Waals surface area contributed by atoms with Gasteiger partial charge in [-0.25, -0.2) is 0 Å².